The van der Waals surface area contributed by atoms with Crippen molar-refractivity contribution < 1.29 is 13.2 Å². The summed E-state index contributed by atoms with van der Waals surface area (Å²) in [5.74, 6) is 1.17. The van der Waals surface area contributed by atoms with Crippen LogP contribution >= 0.6 is 10.7 Å². The van der Waals surface area contributed by atoms with Gasteiger partial charge in [0.25, 0.3) is 0 Å². The van der Waals surface area contributed by atoms with E-state index in [0.717, 1.165) is 25.6 Å². The van der Waals surface area contributed by atoms with E-state index in [2.05, 4.69) is 0 Å². The highest BCUT2D eigenvalue weighted by molar-refractivity contribution is 8.13. The third kappa shape index (κ3) is 8.33. The zero-order valence-corrected chi connectivity index (χ0v) is 12.8. The van der Waals surface area contributed by atoms with Crippen molar-refractivity contribution in [1.29, 1.82) is 0 Å². The smallest absolute Gasteiger partial charge is 0.232 e. The molecule has 0 spiro atoms. The van der Waals surface area contributed by atoms with Crippen LogP contribution in [0.2, 0.25) is 0 Å². The van der Waals surface area contributed by atoms with Crippen LogP contribution in [-0.2, 0) is 13.8 Å². The van der Waals surface area contributed by atoms with Crippen LogP contribution in [0, 0.1) is 11.8 Å². The molecule has 0 N–H and O–H groups in total. The lowest BCUT2D eigenvalue weighted by Gasteiger charge is -2.21. The summed E-state index contributed by atoms with van der Waals surface area (Å²) in [6.45, 7) is 3.66. The van der Waals surface area contributed by atoms with E-state index in [4.69, 9.17) is 15.4 Å². The molecule has 0 aromatic rings. The van der Waals surface area contributed by atoms with Gasteiger partial charge in [-0.05, 0) is 37.5 Å². The molecule has 0 amide bonds. The van der Waals surface area contributed by atoms with Gasteiger partial charge in [0, 0.05) is 23.9 Å². The molecule has 1 atom stereocenters. The Balaban J connectivity index is 1.99. The predicted molar refractivity (Wildman–Crippen MR) is 75.4 cm³/mol. The van der Waals surface area contributed by atoms with Crippen LogP contribution in [0.4, 0.5) is 0 Å². The van der Waals surface area contributed by atoms with Gasteiger partial charge in [0.05, 0.1) is 5.75 Å². The average Bonchev–Trinajstić information content (AvgIpc) is 2.33. The zero-order valence-electron chi connectivity index (χ0n) is 11.2. The maximum Gasteiger partial charge on any atom is 0.232 e. The number of rotatable bonds is 8. The molecule has 0 bridgehead atoms. The minimum atomic E-state index is -3.34. The highest BCUT2D eigenvalue weighted by atomic mass is 35.7. The Morgan fingerprint density at radius 1 is 1.22 bits per heavy atom. The monoisotopic (exact) mass is 296 g/mol. The van der Waals surface area contributed by atoms with E-state index in [9.17, 15) is 8.42 Å². The number of ether oxygens (including phenoxy) is 1. The van der Waals surface area contributed by atoms with Crippen molar-refractivity contribution in [1.82, 2.24) is 0 Å². The highest BCUT2D eigenvalue weighted by Gasteiger charge is 2.14. The fourth-order valence-corrected chi connectivity index (χ4v) is 3.33. The van der Waals surface area contributed by atoms with Crippen molar-refractivity contribution in [3.8, 4) is 0 Å². The van der Waals surface area contributed by atoms with E-state index in [1.807, 2.05) is 6.92 Å². The third-order valence-corrected chi connectivity index (χ3v) is 4.87. The minimum absolute atomic E-state index is 0.0678. The van der Waals surface area contributed by atoms with E-state index in [-0.39, 0.29) is 5.75 Å². The first-order valence-electron chi connectivity index (χ1n) is 6.97. The van der Waals surface area contributed by atoms with Gasteiger partial charge >= 0.3 is 0 Å². The summed E-state index contributed by atoms with van der Waals surface area (Å²) < 4.78 is 27.3. The Bertz CT molecular complexity index is 310. The minimum Gasteiger partial charge on any atom is -0.381 e. The standard InChI is InChI=1S/C13H25ClO3S/c1-12(8-10-18(14,15)16)7-9-17-11-13-5-3-2-4-6-13/h12-13H,2-11H2,1H3. The van der Waals surface area contributed by atoms with E-state index >= 15 is 0 Å². The molecule has 18 heavy (non-hydrogen) atoms. The molecule has 0 radical (unpaired) electrons. The number of hydrogen-bond donors (Lipinski definition) is 0. The lowest BCUT2D eigenvalue weighted by molar-refractivity contribution is 0.0768. The summed E-state index contributed by atoms with van der Waals surface area (Å²) in [5.41, 5.74) is 0. The van der Waals surface area contributed by atoms with Crippen molar-refractivity contribution in [3.05, 3.63) is 0 Å². The maximum absolute atomic E-state index is 10.8. The topological polar surface area (TPSA) is 43.4 Å². The molecule has 0 aromatic carbocycles. The molecule has 1 rings (SSSR count). The zero-order chi connectivity index (χ0) is 13.4. The first-order chi connectivity index (χ1) is 8.47. The van der Waals surface area contributed by atoms with Crippen LogP contribution in [-0.4, -0.2) is 27.4 Å². The van der Waals surface area contributed by atoms with Crippen molar-refractivity contribution in [3.63, 3.8) is 0 Å². The molecule has 1 aliphatic carbocycles. The molecule has 0 aromatic heterocycles. The molecular weight excluding hydrogens is 272 g/mol. The first-order valence-corrected chi connectivity index (χ1v) is 9.45. The van der Waals surface area contributed by atoms with Gasteiger partial charge in [-0.3, -0.25) is 0 Å². The number of halogens is 1. The van der Waals surface area contributed by atoms with E-state index < -0.39 is 9.05 Å². The molecule has 1 unspecified atom stereocenters. The molecule has 108 valence electrons. The van der Waals surface area contributed by atoms with Crippen molar-refractivity contribution in [2.45, 2.75) is 51.9 Å². The van der Waals surface area contributed by atoms with Gasteiger partial charge in [-0.15, -0.1) is 0 Å². The normalized spacial score (nSPS) is 19.9. The van der Waals surface area contributed by atoms with Gasteiger partial charge in [-0.25, -0.2) is 8.42 Å². The molecule has 1 fully saturated rings. The van der Waals surface area contributed by atoms with Gasteiger partial charge in [0.2, 0.25) is 9.05 Å². The van der Waals surface area contributed by atoms with Crippen LogP contribution in [0.5, 0.6) is 0 Å². The van der Waals surface area contributed by atoms with Crippen LogP contribution in [0.15, 0.2) is 0 Å². The summed E-state index contributed by atoms with van der Waals surface area (Å²) in [5, 5.41) is 0. The summed E-state index contributed by atoms with van der Waals surface area (Å²) in [6.07, 6.45) is 8.22. The fourth-order valence-electron chi connectivity index (χ4n) is 2.37. The van der Waals surface area contributed by atoms with Crippen molar-refractivity contribution >= 4 is 19.7 Å². The van der Waals surface area contributed by atoms with Crippen LogP contribution in [0.1, 0.15) is 51.9 Å². The van der Waals surface area contributed by atoms with Gasteiger partial charge in [-0.1, -0.05) is 26.2 Å². The lowest BCUT2D eigenvalue weighted by Crippen LogP contribution is -2.15. The summed E-state index contributed by atoms with van der Waals surface area (Å²) in [6, 6.07) is 0. The Labute approximate surface area is 116 Å². The molecule has 0 aliphatic heterocycles. The van der Waals surface area contributed by atoms with Crippen LogP contribution < -0.4 is 0 Å². The summed E-state index contributed by atoms with van der Waals surface area (Å²) >= 11 is 0. The quantitative estimate of drug-likeness (QED) is 0.508. The molecule has 1 aliphatic rings. The Kier molecular flexibility index (Phi) is 7.57. The molecular formula is C13H25ClO3S. The lowest BCUT2D eigenvalue weighted by atomic mass is 9.90. The first kappa shape index (κ1) is 16.3. The number of hydrogen-bond acceptors (Lipinski definition) is 3. The summed E-state index contributed by atoms with van der Waals surface area (Å²) in [7, 11) is 1.85. The average molecular weight is 297 g/mol. The van der Waals surface area contributed by atoms with Gasteiger partial charge in [-0.2, -0.15) is 0 Å². The van der Waals surface area contributed by atoms with E-state index in [1.165, 1.54) is 32.1 Å². The largest absolute Gasteiger partial charge is 0.381 e. The molecule has 0 saturated heterocycles. The molecule has 3 nitrogen and oxygen atoms in total. The van der Waals surface area contributed by atoms with Crippen molar-refractivity contribution in [2.75, 3.05) is 19.0 Å². The van der Waals surface area contributed by atoms with E-state index in [1.54, 1.807) is 0 Å². The summed E-state index contributed by atoms with van der Waals surface area (Å²) in [4.78, 5) is 0. The van der Waals surface area contributed by atoms with Crippen LogP contribution in [0.25, 0.3) is 0 Å². The Morgan fingerprint density at radius 3 is 2.50 bits per heavy atom. The Hall–Kier alpha value is 0.200. The van der Waals surface area contributed by atoms with Gasteiger partial charge < -0.3 is 4.74 Å². The molecule has 1 saturated carbocycles. The van der Waals surface area contributed by atoms with E-state index in [0.29, 0.717) is 12.3 Å². The Morgan fingerprint density at radius 2 is 1.89 bits per heavy atom. The second-order valence-corrected chi connectivity index (χ2v) is 8.40. The highest BCUT2D eigenvalue weighted by Crippen LogP contribution is 2.23. The maximum atomic E-state index is 10.8. The molecule has 0 heterocycles. The van der Waals surface area contributed by atoms with Gasteiger partial charge in [0.1, 0.15) is 0 Å². The second kappa shape index (κ2) is 8.39. The van der Waals surface area contributed by atoms with Crippen LogP contribution in [0.3, 0.4) is 0 Å². The predicted octanol–water partition coefficient (Wildman–Crippen LogP) is 3.57. The fraction of sp³-hybridized carbons (Fsp3) is 1.00. The van der Waals surface area contributed by atoms with Crippen molar-refractivity contribution in [2.24, 2.45) is 11.8 Å². The SMILES string of the molecule is CC(CCOCC1CCCCC1)CCS(=O)(=O)Cl. The third-order valence-electron chi connectivity index (χ3n) is 3.69. The second-order valence-electron chi connectivity index (χ2n) is 5.50. The van der Waals surface area contributed by atoms with Gasteiger partial charge in [0.15, 0.2) is 0 Å². The molecule has 5 heteroatoms.